The molecule has 140 valence electrons. The standard InChI is InChI=1S/C17H15ClN4O4S/c1-22-10-12(20-16(22)15-11(18)6-5-9-19-15)17(23)21-27(24,25)14-8-4-3-7-13(14)26-2/h3-10H,1-2H3,(H,21,23). The Labute approximate surface area is 160 Å². The first kappa shape index (κ1) is 18.9. The van der Waals surface area contributed by atoms with E-state index < -0.39 is 15.9 Å². The highest BCUT2D eigenvalue weighted by Gasteiger charge is 2.24. The predicted molar refractivity (Wildman–Crippen MR) is 99.1 cm³/mol. The summed E-state index contributed by atoms with van der Waals surface area (Å²) < 4.78 is 33.6. The zero-order chi connectivity index (χ0) is 19.6. The molecule has 0 fully saturated rings. The molecule has 10 heteroatoms. The summed E-state index contributed by atoms with van der Waals surface area (Å²) in [5, 5.41) is 0.361. The number of benzene rings is 1. The number of rotatable bonds is 5. The second kappa shape index (κ2) is 7.37. The Bertz CT molecular complexity index is 1110. The van der Waals surface area contributed by atoms with Crippen LogP contribution in [0.4, 0.5) is 0 Å². The van der Waals surface area contributed by atoms with Gasteiger partial charge in [-0.3, -0.25) is 9.78 Å². The molecule has 2 aromatic heterocycles. The Hall–Kier alpha value is -2.91. The molecular weight excluding hydrogens is 392 g/mol. The molecular formula is C17H15ClN4O4S. The van der Waals surface area contributed by atoms with Gasteiger partial charge in [0.05, 0.1) is 12.1 Å². The van der Waals surface area contributed by atoms with E-state index in [1.165, 1.54) is 31.5 Å². The first-order valence-corrected chi connectivity index (χ1v) is 9.54. The number of nitrogens with zero attached hydrogens (tertiary/aromatic N) is 3. The van der Waals surface area contributed by atoms with Crippen LogP contribution in [0.15, 0.2) is 53.7 Å². The number of aromatic nitrogens is 3. The van der Waals surface area contributed by atoms with Crippen LogP contribution in [0, 0.1) is 0 Å². The quantitative estimate of drug-likeness (QED) is 0.697. The maximum atomic E-state index is 12.5. The van der Waals surface area contributed by atoms with E-state index in [1.807, 2.05) is 4.72 Å². The third-order valence-corrected chi connectivity index (χ3v) is 5.34. The van der Waals surface area contributed by atoms with E-state index in [9.17, 15) is 13.2 Å². The summed E-state index contributed by atoms with van der Waals surface area (Å²) in [6.45, 7) is 0. The van der Waals surface area contributed by atoms with Gasteiger partial charge in [0, 0.05) is 19.4 Å². The molecule has 0 saturated carbocycles. The Morgan fingerprint density at radius 2 is 1.96 bits per heavy atom. The SMILES string of the molecule is COc1ccccc1S(=O)(=O)NC(=O)c1cn(C)c(-c2ncccc2Cl)n1. The monoisotopic (exact) mass is 406 g/mol. The Kier molecular flexibility index (Phi) is 5.15. The minimum absolute atomic E-state index is 0.0901. The van der Waals surface area contributed by atoms with Gasteiger partial charge in [-0.05, 0) is 24.3 Å². The fourth-order valence-corrected chi connectivity index (χ4v) is 3.75. The first-order valence-electron chi connectivity index (χ1n) is 7.68. The molecule has 3 aromatic rings. The van der Waals surface area contributed by atoms with Crippen molar-refractivity contribution in [2.24, 2.45) is 7.05 Å². The van der Waals surface area contributed by atoms with Crippen LogP contribution >= 0.6 is 11.6 Å². The molecule has 0 aliphatic heterocycles. The highest BCUT2D eigenvalue weighted by Crippen LogP contribution is 2.25. The van der Waals surface area contributed by atoms with E-state index >= 15 is 0 Å². The van der Waals surface area contributed by atoms with Crippen molar-refractivity contribution in [1.82, 2.24) is 19.3 Å². The summed E-state index contributed by atoms with van der Waals surface area (Å²) >= 11 is 6.11. The molecule has 1 amide bonds. The fraction of sp³-hybridized carbons (Fsp3) is 0.118. The smallest absolute Gasteiger partial charge is 0.285 e. The average molecular weight is 407 g/mol. The van der Waals surface area contributed by atoms with Crippen LogP contribution in [0.5, 0.6) is 5.75 Å². The van der Waals surface area contributed by atoms with Gasteiger partial charge in [-0.25, -0.2) is 18.1 Å². The average Bonchev–Trinajstić information content (AvgIpc) is 3.03. The van der Waals surface area contributed by atoms with E-state index in [0.717, 1.165) is 0 Å². The predicted octanol–water partition coefficient (Wildman–Crippen LogP) is 2.26. The number of aryl methyl sites for hydroxylation is 1. The van der Waals surface area contributed by atoms with Gasteiger partial charge < -0.3 is 9.30 Å². The van der Waals surface area contributed by atoms with E-state index in [2.05, 4.69) is 9.97 Å². The number of nitrogens with one attached hydrogen (secondary N) is 1. The van der Waals surface area contributed by atoms with Crippen LogP contribution in [-0.2, 0) is 17.1 Å². The summed E-state index contributed by atoms with van der Waals surface area (Å²) in [5.74, 6) is -0.421. The van der Waals surface area contributed by atoms with Gasteiger partial charge in [0.15, 0.2) is 5.82 Å². The number of pyridine rings is 1. The number of para-hydroxylation sites is 1. The van der Waals surface area contributed by atoms with Crippen LogP contribution in [0.25, 0.3) is 11.5 Å². The van der Waals surface area contributed by atoms with E-state index in [0.29, 0.717) is 16.5 Å². The van der Waals surface area contributed by atoms with Crippen LogP contribution in [0.2, 0.25) is 5.02 Å². The maximum absolute atomic E-state index is 12.5. The summed E-state index contributed by atoms with van der Waals surface area (Å²) in [6.07, 6.45) is 2.94. The molecule has 0 radical (unpaired) electrons. The van der Waals surface area contributed by atoms with Gasteiger partial charge in [-0.1, -0.05) is 23.7 Å². The largest absolute Gasteiger partial charge is 0.495 e. The van der Waals surface area contributed by atoms with Crippen molar-refractivity contribution in [3.05, 3.63) is 59.5 Å². The number of amides is 1. The third-order valence-electron chi connectivity index (χ3n) is 3.66. The molecule has 0 aliphatic carbocycles. The van der Waals surface area contributed by atoms with Gasteiger partial charge in [-0.15, -0.1) is 0 Å². The van der Waals surface area contributed by atoms with Gasteiger partial charge in [0.1, 0.15) is 22.0 Å². The molecule has 1 aromatic carbocycles. The number of carbonyl (C=O) groups excluding carboxylic acids is 1. The highest BCUT2D eigenvalue weighted by atomic mass is 35.5. The van der Waals surface area contributed by atoms with E-state index in [1.54, 1.807) is 36.0 Å². The highest BCUT2D eigenvalue weighted by molar-refractivity contribution is 7.90. The van der Waals surface area contributed by atoms with Crippen LogP contribution < -0.4 is 9.46 Å². The Morgan fingerprint density at radius 3 is 2.67 bits per heavy atom. The molecule has 0 saturated heterocycles. The number of carbonyl (C=O) groups is 1. The van der Waals surface area contributed by atoms with Gasteiger partial charge >= 0.3 is 0 Å². The maximum Gasteiger partial charge on any atom is 0.285 e. The van der Waals surface area contributed by atoms with Crippen molar-refractivity contribution in [3.8, 4) is 17.3 Å². The minimum Gasteiger partial charge on any atom is -0.495 e. The van der Waals surface area contributed by atoms with Gasteiger partial charge in [-0.2, -0.15) is 0 Å². The summed E-state index contributed by atoms with van der Waals surface area (Å²) in [4.78, 5) is 20.6. The van der Waals surface area contributed by atoms with Gasteiger partial charge in [0.25, 0.3) is 15.9 Å². The fourth-order valence-electron chi connectivity index (χ4n) is 2.42. The number of methoxy groups -OCH3 is 1. The normalized spacial score (nSPS) is 11.2. The number of imidazole rings is 1. The van der Waals surface area contributed by atoms with Crippen molar-refractivity contribution >= 4 is 27.5 Å². The van der Waals surface area contributed by atoms with Crippen LogP contribution in [0.1, 0.15) is 10.5 Å². The number of ether oxygens (including phenoxy) is 1. The lowest BCUT2D eigenvalue weighted by molar-refractivity contribution is 0.0977. The number of sulfonamides is 1. The summed E-state index contributed by atoms with van der Waals surface area (Å²) in [7, 11) is -1.15. The molecule has 1 N–H and O–H groups in total. The molecule has 27 heavy (non-hydrogen) atoms. The van der Waals surface area contributed by atoms with Crippen molar-refractivity contribution in [2.75, 3.05) is 7.11 Å². The molecule has 0 bridgehead atoms. The lowest BCUT2D eigenvalue weighted by Gasteiger charge is -2.09. The van der Waals surface area contributed by atoms with E-state index in [4.69, 9.17) is 16.3 Å². The Balaban J connectivity index is 1.91. The van der Waals surface area contributed by atoms with Crippen molar-refractivity contribution < 1.29 is 17.9 Å². The van der Waals surface area contributed by atoms with Gasteiger partial charge in [0.2, 0.25) is 0 Å². The molecule has 0 atom stereocenters. The molecule has 0 spiro atoms. The van der Waals surface area contributed by atoms with E-state index in [-0.39, 0.29) is 16.3 Å². The number of halogens is 1. The lowest BCUT2D eigenvalue weighted by Crippen LogP contribution is -2.31. The van der Waals surface area contributed by atoms with Crippen LogP contribution in [0.3, 0.4) is 0 Å². The minimum atomic E-state index is -4.14. The third kappa shape index (κ3) is 3.79. The Morgan fingerprint density at radius 1 is 1.22 bits per heavy atom. The second-order valence-corrected chi connectivity index (χ2v) is 7.54. The molecule has 2 heterocycles. The molecule has 8 nitrogen and oxygen atoms in total. The number of hydrogen-bond acceptors (Lipinski definition) is 6. The first-order chi connectivity index (χ1) is 12.8. The molecule has 3 rings (SSSR count). The molecule has 0 aliphatic rings. The zero-order valence-electron chi connectivity index (χ0n) is 14.4. The summed E-state index contributed by atoms with van der Waals surface area (Å²) in [5.41, 5.74) is 0.293. The lowest BCUT2D eigenvalue weighted by atomic mass is 10.3. The number of hydrogen-bond donors (Lipinski definition) is 1. The zero-order valence-corrected chi connectivity index (χ0v) is 16.0. The van der Waals surface area contributed by atoms with Crippen molar-refractivity contribution in [1.29, 1.82) is 0 Å². The second-order valence-electron chi connectivity index (χ2n) is 5.48. The van der Waals surface area contributed by atoms with Crippen LogP contribution in [-0.4, -0.2) is 36.0 Å². The van der Waals surface area contributed by atoms with Crippen molar-refractivity contribution in [2.45, 2.75) is 4.90 Å². The topological polar surface area (TPSA) is 103 Å². The summed E-state index contributed by atoms with van der Waals surface area (Å²) in [6, 6.07) is 9.30. The molecule has 0 unspecified atom stereocenters. The van der Waals surface area contributed by atoms with Crippen molar-refractivity contribution in [3.63, 3.8) is 0 Å².